The molecule has 0 rings (SSSR count). The van der Waals surface area contributed by atoms with E-state index in [0.717, 1.165) is 0 Å². The van der Waals surface area contributed by atoms with Crippen LogP contribution in [0.5, 0.6) is 0 Å². The Labute approximate surface area is 195 Å². The van der Waals surface area contributed by atoms with Crippen molar-refractivity contribution in [3.63, 3.8) is 0 Å². The van der Waals surface area contributed by atoms with Gasteiger partial charge in [0, 0.05) is 0 Å². The van der Waals surface area contributed by atoms with Crippen LogP contribution in [0.1, 0.15) is 122 Å². The SMILES string of the molecule is CCCC[Si](CCCC)(CCCC)[O][Ti]([O]C(C)(C)C)([O]C(C)(C)C)[O]C(C)(C)C. The van der Waals surface area contributed by atoms with Gasteiger partial charge in [0.2, 0.25) is 0 Å². The van der Waals surface area contributed by atoms with Crippen LogP contribution >= 0.6 is 0 Å². The quantitative estimate of drug-likeness (QED) is 0.232. The maximum absolute atomic E-state index is 7.32. The summed E-state index contributed by atoms with van der Waals surface area (Å²) in [6.07, 6.45) is 7.19. The van der Waals surface area contributed by atoms with Gasteiger partial charge in [-0.25, -0.2) is 0 Å². The molecule has 0 aliphatic carbocycles. The summed E-state index contributed by atoms with van der Waals surface area (Å²) in [5.41, 5.74) is -1.18. The fraction of sp³-hybridized carbons (Fsp3) is 1.00. The topological polar surface area (TPSA) is 36.9 Å². The van der Waals surface area contributed by atoms with Crippen molar-refractivity contribution >= 4 is 8.32 Å². The third-order valence-corrected chi connectivity index (χ3v) is 16.3. The minimum atomic E-state index is -4.10. The molecule has 0 saturated carbocycles. The molecule has 0 bridgehead atoms. The number of rotatable bonds is 14. The van der Waals surface area contributed by atoms with E-state index in [1.165, 1.54) is 56.7 Å². The molecule has 0 spiro atoms. The van der Waals surface area contributed by atoms with Crippen LogP contribution in [0.25, 0.3) is 0 Å². The van der Waals surface area contributed by atoms with Crippen molar-refractivity contribution in [2.75, 3.05) is 0 Å². The monoisotopic (exact) mass is 482 g/mol. The molecule has 0 N–H and O–H groups in total. The van der Waals surface area contributed by atoms with Crippen molar-refractivity contribution < 1.29 is 31.1 Å². The van der Waals surface area contributed by atoms with Crippen molar-refractivity contribution in [3.8, 4) is 0 Å². The molecule has 0 aromatic rings. The van der Waals surface area contributed by atoms with Crippen LogP contribution in [0.15, 0.2) is 0 Å². The number of unbranched alkanes of at least 4 members (excludes halogenated alkanes) is 3. The molecule has 0 aromatic carbocycles. The molecule has 0 aliphatic heterocycles. The van der Waals surface area contributed by atoms with Gasteiger partial charge in [0.25, 0.3) is 0 Å². The normalized spacial score (nSPS) is 14.4. The molecule has 0 atom stereocenters. The average Bonchev–Trinajstić information content (AvgIpc) is 2.50. The third-order valence-electron chi connectivity index (χ3n) is 4.59. The van der Waals surface area contributed by atoms with Gasteiger partial charge in [-0.2, -0.15) is 0 Å². The molecule has 0 radical (unpaired) electrons. The first kappa shape index (κ1) is 30.8. The first-order valence-corrected chi connectivity index (χ1v) is 17.4. The summed E-state index contributed by atoms with van der Waals surface area (Å²) < 4.78 is 27.5. The van der Waals surface area contributed by atoms with Gasteiger partial charge in [0.1, 0.15) is 0 Å². The van der Waals surface area contributed by atoms with Gasteiger partial charge in [-0.05, 0) is 0 Å². The van der Waals surface area contributed by atoms with E-state index in [4.69, 9.17) is 13.0 Å². The van der Waals surface area contributed by atoms with E-state index in [2.05, 4.69) is 83.1 Å². The second-order valence-electron chi connectivity index (χ2n) is 11.7. The van der Waals surface area contributed by atoms with Crippen LogP contribution in [0.2, 0.25) is 18.1 Å². The van der Waals surface area contributed by atoms with Crippen LogP contribution in [0, 0.1) is 0 Å². The van der Waals surface area contributed by atoms with Crippen molar-refractivity contribution in [2.24, 2.45) is 0 Å². The zero-order valence-corrected chi connectivity index (χ0v) is 25.1. The molecule has 0 aromatic heterocycles. The molecule has 0 aliphatic rings. The molecule has 4 nitrogen and oxygen atoms in total. The Bertz CT molecular complexity index is 401. The zero-order chi connectivity index (χ0) is 23.7. The molecule has 6 heteroatoms. The molecular weight excluding hydrogens is 428 g/mol. The predicted octanol–water partition coefficient (Wildman–Crippen LogP) is 8.61. The number of hydrogen-bond donors (Lipinski definition) is 0. The van der Waals surface area contributed by atoms with E-state index in [1.807, 2.05) is 0 Å². The Morgan fingerprint density at radius 3 is 1.00 bits per heavy atom. The summed E-state index contributed by atoms with van der Waals surface area (Å²) >= 11 is -4.10. The van der Waals surface area contributed by atoms with E-state index in [9.17, 15) is 0 Å². The molecule has 0 heterocycles. The van der Waals surface area contributed by atoms with E-state index < -0.39 is 43.3 Å². The summed E-state index contributed by atoms with van der Waals surface area (Å²) in [5, 5.41) is 0. The molecular formula is C24H54O4SiTi. The van der Waals surface area contributed by atoms with Gasteiger partial charge in [-0.3, -0.25) is 0 Å². The fourth-order valence-corrected chi connectivity index (χ4v) is 16.5. The Morgan fingerprint density at radius 1 is 0.533 bits per heavy atom. The summed E-state index contributed by atoms with van der Waals surface area (Å²) in [6, 6.07) is 3.51. The van der Waals surface area contributed by atoms with Crippen LogP contribution in [0.3, 0.4) is 0 Å². The molecule has 0 fully saturated rings. The first-order valence-electron chi connectivity index (χ1n) is 12.3. The van der Waals surface area contributed by atoms with Gasteiger partial charge < -0.3 is 0 Å². The van der Waals surface area contributed by atoms with Crippen LogP contribution in [-0.2, 0) is 31.1 Å². The predicted molar refractivity (Wildman–Crippen MR) is 128 cm³/mol. The van der Waals surface area contributed by atoms with Crippen LogP contribution in [0.4, 0.5) is 0 Å². The maximum atomic E-state index is 7.32. The fourth-order valence-electron chi connectivity index (χ4n) is 3.54. The van der Waals surface area contributed by atoms with E-state index >= 15 is 0 Å². The summed E-state index contributed by atoms with van der Waals surface area (Å²) in [5.74, 6) is 0. The van der Waals surface area contributed by atoms with Gasteiger partial charge in [-0.15, -0.1) is 0 Å². The second-order valence-corrected chi connectivity index (χ2v) is 19.3. The molecule has 0 saturated heterocycles. The van der Waals surface area contributed by atoms with Crippen molar-refractivity contribution in [3.05, 3.63) is 0 Å². The molecule has 30 heavy (non-hydrogen) atoms. The van der Waals surface area contributed by atoms with Crippen molar-refractivity contribution in [1.82, 2.24) is 0 Å². The van der Waals surface area contributed by atoms with Gasteiger partial charge in [0.05, 0.1) is 0 Å². The van der Waals surface area contributed by atoms with E-state index in [0.29, 0.717) is 0 Å². The Balaban J connectivity index is 6.40. The summed E-state index contributed by atoms with van der Waals surface area (Å²) in [7, 11) is -2.08. The Morgan fingerprint density at radius 2 is 0.800 bits per heavy atom. The number of hydrogen-bond acceptors (Lipinski definition) is 4. The van der Waals surface area contributed by atoms with Crippen LogP contribution in [-0.4, -0.2) is 25.1 Å². The second kappa shape index (κ2) is 12.9. The molecule has 0 amide bonds. The third kappa shape index (κ3) is 14.0. The standard InChI is InChI=1S/C12H27OSi.3C4H9O.Ti/c1-4-7-10-14(13,11-8-5-2)12-9-6-3;3*1-4(2,3)5;/h4-12H2,1-3H3;3*1-3H3;/q4*-1;+4. The molecule has 0 unspecified atom stereocenters. The van der Waals surface area contributed by atoms with Gasteiger partial charge in [-0.1, -0.05) is 0 Å². The average molecular weight is 483 g/mol. The first-order chi connectivity index (χ1) is 13.5. The summed E-state index contributed by atoms with van der Waals surface area (Å²) in [4.78, 5) is 0. The minimum absolute atomic E-state index is 0.392. The Kier molecular flexibility index (Phi) is 13.2. The van der Waals surface area contributed by atoms with Crippen molar-refractivity contribution in [2.45, 2.75) is 157 Å². The van der Waals surface area contributed by atoms with E-state index in [1.54, 1.807) is 0 Å². The Hall–Kier alpha value is 0.771. The van der Waals surface area contributed by atoms with Crippen LogP contribution < -0.4 is 0 Å². The zero-order valence-electron chi connectivity index (χ0n) is 22.5. The van der Waals surface area contributed by atoms with Gasteiger partial charge >= 0.3 is 196 Å². The molecule has 182 valence electrons. The summed E-state index contributed by atoms with van der Waals surface area (Å²) in [6.45, 7) is 25.6. The van der Waals surface area contributed by atoms with Gasteiger partial charge in [0.15, 0.2) is 0 Å². The van der Waals surface area contributed by atoms with Crippen molar-refractivity contribution in [1.29, 1.82) is 0 Å². The van der Waals surface area contributed by atoms with E-state index in [-0.39, 0.29) is 0 Å².